The molecule has 0 radical (unpaired) electrons. The maximum Gasteiger partial charge on any atom is 0.176 e. The Labute approximate surface area is 157 Å². The van der Waals surface area contributed by atoms with Gasteiger partial charge in [-0.05, 0) is 49.7 Å². The first-order chi connectivity index (χ1) is 12.5. The standard InChI is InChI=1S/C21H21NO3S/c1-13-11-20(22-17-8-6-5-7-16(13)17)26-14(2)21(23)15-9-10-18(24-3)19(12-15)25-4/h5-12,14H,1-4H3. The number of nitrogens with zero attached hydrogens (tertiary/aromatic N) is 1. The van der Waals surface area contributed by atoms with Gasteiger partial charge in [-0.25, -0.2) is 4.98 Å². The molecule has 0 saturated heterocycles. The van der Waals surface area contributed by atoms with E-state index in [1.807, 2.05) is 31.2 Å². The van der Waals surface area contributed by atoms with E-state index in [-0.39, 0.29) is 11.0 Å². The Morgan fingerprint density at radius 3 is 2.50 bits per heavy atom. The molecule has 26 heavy (non-hydrogen) atoms. The van der Waals surface area contributed by atoms with E-state index in [2.05, 4.69) is 18.0 Å². The molecule has 3 aromatic rings. The minimum Gasteiger partial charge on any atom is -0.493 e. The number of ether oxygens (including phenoxy) is 2. The lowest BCUT2D eigenvalue weighted by atomic mass is 10.1. The lowest BCUT2D eigenvalue weighted by molar-refractivity contribution is 0.0993. The summed E-state index contributed by atoms with van der Waals surface area (Å²) in [6, 6.07) is 15.3. The number of ketones is 1. The van der Waals surface area contributed by atoms with E-state index in [4.69, 9.17) is 9.47 Å². The van der Waals surface area contributed by atoms with Crippen LogP contribution in [0.2, 0.25) is 0 Å². The molecule has 2 aromatic carbocycles. The van der Waals surface area contributed by atoms with Gasteiger partial charge in [-0.2, -0.15) is 0 Å². The Balaban J connectivity index is 1.83. The monoisotopic (exact) mass is 367 g/mol. The van der Waals surface area contributed by atoms with E-state index in [0.29, 0.717) is 17.1 Å². The van der Waals surface area contributed by atoms with Gasteiger partial charge in [-0.1, -0.05) is 30.0 Å². The van der Waals surface area contributed by atoms with Crippen molar-refractivity contribution in [2.75, 3.05) is 14.2 Å². The number of para-hydroxylation sites is 1. The van der Waals surface area contributed by atoms with Crippen molar-refractivity contribution in [3.8, 4) is 11.5 Å². The van der Waals surface area contributed by atoms with Crippen molar-refractivity contribution >= 4 is 28.4 Å². The first kappa shape index (κ1) is 18.3. The Kier molecular flexibility index (Phi) is 5.47. The molecule has 0 spiro atoms. The number of thioether (sulfide) groups is 1. The van der Waals surface area contributed by atoms with Gasteiger partial charge in [0.25, 0.3) is 0 Å². The maximum absolute atomic E-state index is 12.8. The minimum absolute atomic E-state index is 0.0311. The highest BCUT2D eigenvalue weighted by molar-refractivity contribution is 8.00. The quantitative estimate of drug-likeness (QED) is 0.457. The molecular weight excluding hydrogens is 346 g/mol. The summed E-state index contributed by atoms with van der Waals surface area (Å²) in [7, 11) is 3.14. The second-order valence-electron chi connectivity index (χ2n) is 5.99. The Hall–Kier alpha value is -2.53. The number of Topliss-reactive ketones (excluding diaryl/α,β-unsaturated/α-hetero) is 1. The SMILES string of the molecule is COc1ccc(C(=O)C(C)Sc2cc(C)c3ccccc3n2)cc1OC. The number of pyridine rings is 1. The number of hydrogen-bond donors (Lipinski definition) is 0. The summed E-state index contributed by atoms with van der Waals surface area (Å²) in [6.07, 6.45) is 0. The summed E-state index contributed by atoms with van der Waals surface area (Å²) >= 11 is 1.47. The number of fused-ring (bicyclic) bond motifs is 1. The lowest BCUT2D eigenvalue weighted by Crippen LogP contribution is -2.14. The number of aromatic nitrogens is 1. The highest BCUT2D eigenvalue weighted by Gasteiger charge is 2.19. The van der Waals surface area contributed by atoms with Gasteiger partial charge in [-0.3, -0.25) is 4.79 Å². The fourth-order valence-corrected chi connectivity index (χ4v) is 3.84. The molecule has 0 fully saturated rings. The molecule has 1 aromatic heterocycles. The predicted molar refractivity (Wildman–Crippen MR) is 106 cm³/mol. The van der Waals surface area contributed by atoms with Crippen LogP contribution in [0.1, 0.15) is 22.8 Å². The third-order valence-corrected chi connectivity index (χ3v) is 5.25. The maximum atomic E-state index is 12.8. The number of carbonyl (C=O) groups excluding carboxylic acids is 1. The zero-order valence-corrected chi connectivity index (χ0v) is 16.1. The van der Waals surface area contributed by atoms with E-state index in [9.17, 15) is 4.79 Å². The molecule has 0 aliphatic carbocycles. The minimum atomic E-state index is -0.263. The third kappa shape index (κ3) is 3.68. The molecule has 1 heterocycles. The van der Waals surface area contributed by atoms with Crippen LogP contribution >= 0.6 is 11.8 Å². The van der Waals surface area contributed by atoms with Gasteiger partial charge in [-0.15, -0.1) is 0 Å². The summed E-state index contributed by atoms with van der Waals surface area (Å²) in [5.41, 5.74) is 2.70. The van der Waals surface area contributed by atoms with Crippen molar-refractivity contribution in [2.45, 2.75) is 24.1 Å². The van der Waals surface area contributed by atoms with Crippen molar-refractivity contribution < 1.29 is 14.3 Å². The third-order valence-electron chi connectivity index (χ3n) is 4.23. The van der Waals surface area contributed by atoms with Crippen LogP contribution in [-0.2, 0) is 0 Å². The molecule has 0 bridgehead atoms. The zero-order valence-electron chi connectivity index (χ0n) is 15.3. The summed E-state index contributed by atoms with van der Waals surface area (Å²) in [5, 5.41) is 1.72. The summed E-state index contributed by atoms with van der Waals surface area (Å²) in [6.45, 7) is 3.96. The van der Waals surface area contributed by atoms with Crippen LogP contribution in [0.3, 0.4) is 0 Å². The first-order valence-electron chi connectivity index (χ1n) is 8.32. The van der Waals surface area contributed by atoms with Crippen molar-refractivity contribution in [3.05, 3.63) is 59.7 Å². The summed E-state index contributed by atoms with van der Waals surface area (Å²) in [5.74, 6) is 1.19. The largest absolute Gasteiger partial charge is 0.493 e. The van der Waals surface area contributed by atoms with Crippen LogP contribution < -0.4 is 9.47 Å². The Morgan fingerprint density at radius 2 is 1.77 bits per heavy atom. The van der Waals surface area contributed by atoms with Gasteiger partial charge in [0.05, 0.1) is 30.0 Å². The molecule has 0 N–H and O–H groups in total. The second-order valence-corrected chi connectivity index (χ2v) is 7.35. The molecule has 3 rings (SSSR count). The zero-order chi connectivity index (χ0) is 18.7. The molecule has 5 heteroatoms. The van der Waals surface area contributed by atoms with Gasteiger partial charge in [0, 0.05) is 10.9 Å². The number of carbonyl (C=O) groups is 1. The van der Waals surface area contributed by atoms with Gasteiger partial charge in [0.15, 0.2) is 17.3 Å². The molecule has 0 amide bonds. The van der Waals surface area contributed by atoms with Crippen LogP contribution in [0.25, 0.3) is 10.9 Å². The molecule has 4 nitrogen and oxygen atoms in total. The van der Waals surface area contributed by atoms with Crippen molar-refractivity contribution in [1.82, 2.24) is 4.98 Å². The Morgan fingerprint density at radius 1 is 1.04 bits per heavy atom. The number of aryl methyl sites for hydroxylation is 1. The number of benzene rings is 2. The van der Waals surface area contributed by atoms with Crippen LogP contribution in [0.15, 0.2) is 53.6 Å². The molecule has 0 aliphatic rings. The average Bonchev–Trinajstić information content (AvgIpc) is 2.66. The van der Waals surface area contributed by atoms with E-state index in [1.54, 1.807) is 32.4 Å². The van der Waals surface area contributed by atoms with Gasteiger partial charge in [0.1, 0.15) is 0 Å². The fourth-order valence-electron chi connectivity index (χ4n) is 2.84. The first-order valence-corrected chi connectivity index (χ1v) is 9.20. The van der Waals surface area contributed by atoms with Gasteiger partial charge >= 0.3 is 0 Å². The van der Waals surface area contributed by atoms with Gasteiger partial charge < -0.3 is 9.47 Å². The highest BCUT2D eigenvalue weighted by atomic mass is 32.2. The Bertz CT molecular complexity index is 955. The fraction of sp³-hybridized carbons (Fsp3) is 0.238. The number of hydrogen-bond acceptors (Lipinski definition) is 5. The number of rotatable bonds is 6. The van der Waals surface area contributed by atoms with E-state index in [1.165, 1.54) is 11.8 Å². The summed E-state index contributed by atoms with van der Waals surface area (Å²) < 4.78 is 10.5. The van der Waals surface area contributed by atoms with E-state index >= 15 is 0 Å². The van der Waals surface area contributed by atoms with Crippen LogP contribution in [0.5, 0.6) is 11.5 Å². The highest BCUT2D eigenvalue weighted by Crippen LogP contribution is 2.31. The second kappa shape index (κ2) is 7.79. The molecule has 0 saturated carbocycles. The average molecular weight is 367 g/mol. The molecular formula is C21H21NO3S. The van der Waals surface area contributed by atoms with Crippen molar-refractivity contribution in [3.63, 3.8) is 0 Å². The molecule has 1 unspecified atom stereocenters. The number of methoxy groups -OCH3 is 2. The van der Waals surface area contributed by atoms with Crippen molar-refractivity contribution in [2.24, 2.45) is 0 Å². The lowest BCUT2D eigenvalue weighted by Gasteiger charge is -2.13. The van der Waals surface area contributed by atoms with Crippen molar-refractivity contribution in [1.29, 1.82) is 0 Å². The smallest absolute Gasteiger partial charge is 0.176 e. The molecule has 134 valence electrons. The molecule has 0 aliphatic heterocycles. The molecule has 1 atom stereocenters. The topological polar surface area (TPSA) is 48.4 Å². The normalized spacial score (nSPS) is 12.0. The predicted octanol–water partition coefficient (Wildman–Crippen LogP) is 4.92. The van der Waals surface area contributed by atoms with Crippen LogP contribution in [0.4, 0.5) is 0 Å². The van der Waals surface area contributed by atoms with E-state index < -0.39 is 0 Å². The van der Waals surface area contributed by atoms with Crippen LogP contribution in [-0.4, -0.2) is 30.2 Å². The van der Waals surface area contributed by atoms with Crippen LogP contribution in [0, 0.1) is 6.92 Å². The summed E-state index contributed by atoms with van der Waals surface area (Å²) in [4.78, 5) is 17.5. The van der Waals surface area contributed by atoms with Gasteiger partial charge in [0.2, 0.25) is 0 Å². The van der Waals surface area contributed by atoms with E-state index in [0.717, 1.165) is 21.5 Å².